The van der Waals surface area contributed by atoms with Gasteiger partial charge in [-0.2, -0.15) is 13.7 Å². The standard InChI is InChI=1S/C22H20N3S2/c1-23-14-15(21-24(2)16-8-4-6-10-19(16)26-21)12-13-18(23)22-25(3)17-9-5-7-11-20(17)27-22/h4-14H,1-3H3/q+3. The van der Waals surface area contributed by atoms with Crippen molar-refractivity contribution in [2.24, 2.45) is 21.1 Å². The van der Waals surface area contributed by atoms with Crippen molar-refractivity contribution in [3.8, 4) is 21.3 Å². The molecule has 3 aromatic heterocycles. The van der Waals surface area contributed by atoms with E-state index in [1.807, 2.05) is 22.7 Å². The Morgan fingerprint density at radius 2 is 1.19 bits per heavy atom. The van der Waals surface area contributed by atoms with Crippen LogP contribution in [0.5, 0.6) is 0 Å². The second-order valence-corrected chi connectivity index (χ2v) is 8.84. The summed E-state index contributed by atoms with van der Waals surface area (Å²) in [4.78, 5) is 0. The summed E-state index contributed by atoms with van der Waals surface area (Å²) in [6.45, 7) is 0. The van der Waals surface area contributed by atoms with E-state index in [0.29, 0.717) is 0 Å². The Kier molecular flexibility index (Phi) is 3.81. The fourth-order valence-electron chi connectivity index (χ4n) is 3.64. The Bertz CT molecular complexity index is 1310. The normalized spacial score (nSPS) is 11.5. The number of para-hydroxylation sites is 2. The Morgan fingerprint density at radius 1 is 0.630 bits per heavy atom. The van der Waals surface area contributed by atoms with Crippen molar-refractivity contribution < 1.29 is 13.7 Å². The number of aromatic nitrogens is 3. The van der Waals surface area contributed by atoms with Crippen LogP contribution in [0.4, 0.5) is 0 Å². The van der Waals surface area contributed by atoms with Gasteiger partial charge in [0.2, 0.25) is 11.0 Å². The highest BCUT2D eigenvalue weighted by Crippen LogP contribution is 2.30. The van der Waals surface area contributed by atoms with E-state index in [9.17, 15) is 0 Å². The maximum Gasteiger partial charge on any atom is 0.335 e. The second kappa shape index (κ2) is 6.22. The number of hydrogen-bond acceptors (Lipinski definition) is 2. The zero-order valence-corrected chi connectivity index (χ0v) is 17.1. The van der Waals surface area contributed by atoms with Crippen LogP contribution in [-0.2, 0) is 21.1 Å². The minimum atomic E-state index is 1.23. The smallest absolute Gasteiger partial charge is 0.194 e. The topological polar surface area (TPSA) is 11.6 Å². The monoisotopic (exact) mass is 390 g/mol. The van der Waals surface area contributed by atoms with Crippen LogP contribution in [0, 0.1) is 0 Å². The molecule has 0 unspecified atom stereocenters. The van der Waals surface area contributed by atoms with Crippen molar-refractivity contribution >= 4 is 43.1 Å². The molecule has 132 valence electrons. The number of thiazole rings is 2. The zero-order valence-electron chi connectivity index (χ0n) is 15.5. The Balaban J connectivity index is 1.65. The lowest BCUT2D eigenvalue weighted by Crippen LogP contribution is -2.37. The van der Waals surface area contributed by atoms with Crippen molar-refractivity contribution in [1.82, 2.24) is 0 Å². The van der Waals surface area contributed by atoms with Crippen molar-refractivity contribution in [1.29, 1.82) is 0 Å². The van der Waals surface area contributed by atoms with Gasteiger partial charge >= 0.3 is 5.01 Å². The van der Waals surface area contributed by atoms with Gasteiger partial charge in [0, 0.05) is 18.2 Å². The summed E-state index contributed by atoms with van der Waals surface area (Å²) in [6, 6.07) is 21.6. The summed E-state index contributed by atoms with van der Waals surface area (Å²) < 4.78 is 9.44. The van der Waals surface area contributed by atoms with Gasteiger partial charge in [0.15, 0.2) is 6.20 Å². The van der Waals surface area contributed by atoms with Gasteiger partial charge in [0.25, 0.3) is 10.7 Å². The first-order chi connectivity index (χ1) is 13.1. The first kappa shape index (κ1) is 16.5. The van der Waals surface area contributed by atoms with Crippen molar-refractivity contribution in [3.63, 3.8) is 0 Å². The van der Waals surface area contributed by atoms with Crippen LogP contribution in [0.15, 0.2) is 66.9 Å². The summed E-state index contributed by atoms with van der Waals surface area (Å²) in [6.07, 6.45) is 2.24. The molecule has 5 aromatic rings. The van der Waals surface area contributed by atoms with Crippen molar-refractivity contribution in [2.75, 3.05) is 0 Å². The maximum atomic E-state index is 2.29. The van der Waals surface area contributed by atoms with Crippen LogP contribution in [-0.4, -0.2) is 0 Å². The molecule has 0 saturated heterocycles. The van der Waals surface area contributed by atoms with E-state index < -0.39 is 0 Å². The molecule has 0 radical (unpaired) electrons. The molecule has 3 heterocycles. The summed E-state index contributed by atoms with van der Waals surface area (Å²) >= 11 is 3.68. The quantitative estimate of drug-likeness (QED) is 0.405. The van der Waals surface area contributed by atoms with Crippen LogP contribution >= 0.6 is 22.7 Å². The fraction of sp³-hybridized carbons (Fsp3) is 0.136. The molecule has 0 saturated carbocycles. The lowest BCUT2D eigenvalue weighted by Gasteiger charge is -1.97. The third-order valence-electron chi connectivity index (χ3n) is 5.08. The van der Waals surface area contributed by atoms with E-state index in [-0.39, 0.29) is 0 Å². The number of nitrogens with zero attached hydrogens (tertiary/aromatic N) is 3. The van der Waals surface area contributed by atoms with Gasteiger partial charge in [0.1, 0.15) is 36.1 Å². The van der Waals surface area contributed by atoms with Crippen molar-refractivity contribution in [3.05, 3.63) is 66.9 Å². The molecule has 0 atom stereocenters. The first-order valence-corrected chi connectivity index (χ1v) is 10.5. The molecule has 0 N–H and O–H groups in total. The van der Waals surface area contributed by atoms with Crippen LogP contribution < -0.4 is 13.7 Å². The average Bonchev–Trinajstić information content (AvgIpc) is 3.20. The van der Waals surface area contributed by atoms with E-state index in [4.69, 9.17) is 0 Å². The van der Waals surface area contributed by atoms with Gasteiger partial charge in [-0.3, -0.25) is 0 Å². The number of rotatable bonds is 2. The van der Waals surface area contributed by atoms with E-state index in [2.05, 4.69) is 102 Å². The van der Waals surface area contributed by atoms with Gasteiger partial charge in [0.05, 0.1) is 0 Å². The molecule has 0 aliphatic heterocycles. The number of pyridine rings is 1. The van der Waals surface area contributed by atoms with Crippen LogP contribution in [0.1, 0.15) is 0 Å². The summed E-state index contributed by atoms with van der Waals surface area (Å²) in [5, 5.41) is 2.55. The average molecular weight is 391 g/mol. The highest BCUT2D eigenvalue weighted by molar-refractivity contribution is 7.21. The SMILES string of the molecule is C[n+]1cc(-c2sc3ccccc3[n+]2C)ccc1-c1sc2ccccc2[n+]1C. The van der Waals surface area contributed by atoms with Crippen LogP contribution in [0.3, 0.4) is 0 Å². The minimum absolute atomic E-state index is 1.23. The third kappa shape index (κ3) is 2.58. The third-order valence-corrected chi connectivity index (χ3v) is 7.58. The molecular formula is C22H20N3S2+3. The van der Waals surface area contributed by atoms with Gasteiger partial charge in [-0.25, -0.2) is 0 Å². The molecule has 5 rings (SSSR count). The Hall–Kier alpha value is -2.63. The molecule has 0 bridgehead atoms. The first-order valence-electron chi connectivity index (χ1n) is 8.89. The lowest BCUT2D eigenvalue weighted by atomic mass is 10.2. The van der Waals surface area contributed by atoms with E-state index in [1.165, 1.54) is 41.7 Å². The summed E-state index contributed by atoms with van der Waals surface area (Å²) in [7, 11) is 6.43. The Morgan fingerprint density at radius 3 is 1.78 bits per heavy atom. The largest absolute Gasteiger partial charge is 0.335 e. The van der Waals surface area contributed by atoms with E-state index in [0.717, 1.165) is 0 Å². The second-order valence-electron chi connectivity index (χ2n) is 6.78. The fourth-order valence-corrected chi connectivity index (χ4v) is 5.99. The lowest BCUT2D eigenvalue weighted by molar-refractivity contribution is -0.678. The minimum Gasteiger partial charge on any atom is -0.194 e. The number of benzene rings is 2. The summed E-state index contributed by atoms with van der Waals surface area (Å²) in [5.41, 5.74) is 5.03. The zero-order chi connectivity index (χ0) is 18.5. The predicted octanol–water partition coefficient (Wildman–Crippen LogP) is 3.92. The van der Waals surface area contributed by atoms with Gasteiger partial charge < -0.3 is 0 Å². The number of aryl methyl sites for hydroxylation is 3. The molecule has 0 aliphatic rings. The van der Waals surface area contributed by atoms with E-state index >= 15 is 0 Å². The predicted molar refractivity (Wildman–Crippen MR) is 112 cm³/mol. The van der Waals surface area contributed by atoms with Crippen LogP contribution in [0.25, 0.3) is 41.7 Å². The molecule has 5 heteroatoms. The van der Waals surface area contributed by atoms with E-state index in [1.54, 1.807) is 0 Å². The number of hydrogen-bond donors (Lipinski definition) is 0. The molecule has 27 heavy (non-hydrogen) atoms. The van der Waals surface area contributed by atoms with Gasteiger partial charge in [-0.15, -0.1) is 0 Å². The molecule has 0 fully saturated rings. The van der Waals surface area contributed by atoms with Gasteiger partial charge in [-0.1, -0.05) is 46.9 Å². The summed E-state index contributed by atoms with van der Waals surface area (Å²) in [5.74, 6) is 0. The highest BCUT2D eigenvalue weighted by atomic mass is 32.1. The Labute approximate surface area is 166 Å². The molecule has 0 spiro atoms. The molecular weight excluding hydrogens is 370 g/mol. The molecule has 0 aliphatic carbocycles. The molecule has 2 aromatic carbocycles. The maximum absolute atomic E-state index is 2.29. The number of fused-ring (bicyclic) bond motifs is 2. The molecule has 3 nitrogen and oxygen atoms in total. The van der Waals surface area contributed by atoms with Crippen LogP contribution in [0.2, 0.25) is 0 Å². The van der Waals surface area contributed by atoms with Gasteiger partial charge in [-0.05, 0) is 18.2 Å². The highest BCUT2D eigenvalue weighted by Gasteiger charge is 2.27. The molecule has 0 amide bonds. The van der Waals surface area contributed by atoms with Crippen molar-refractivity contribution in [2.45, 2.75) is 0 Å².